The fraction of sp³-hybridized carbons (Fsp3) is 0.0526. The number of nitrogens with zero attached hydrogens (tertiary/aromatic N) is 2. The van der Waals surface area contributed by atoms with Gasteiger partial charge in [0, 0.05) is 23.8 Å². The van der Waals surface area contributed by atoms with Gasteiger partial charge in [-0.2, -0.15) is 0 Å². The molecule has 0 aliphatic heterocycles. The molecule has 0 spiro atoms. The second-order valence-corrected chi connectivity index (χ2v) is 5.56. The van der Waals surface area contributed by atoms with Gasteiger partial charge in [-0.3, -0.25) is 14.9 Å². The van der Waals surface area contributed by atoms with E-state index in [4.69, 9.17) is 4.74 Å². The van der Waals surface area contributed by atoms with Crippen LogP contribution in [0.3, 0.4) is 0 Å². The van der Waals surface area contributed by atoms with Crippen LogP contribution < -0.4 is 10.1 Å². The van der Waals surface area contributed by atoms with E-state index in [0.717, 1.165) is 5.56 Å². The zero-order valence-corrected chi connectivity index (χ0v) is 13.9. The first-order chi connectivity index (χ1) is 12.5. The van der Waals surface area contributed by atoms with Gasteiger partial charge >= 0.3 is 0 Å². The van der Waals surface area contributed by atoms with Crippen molar-refractivity contribution in [1.82, 2.24) is 4.98 Å². The Labute approximate surface area is 149 Å². The van der Waals surface area contributed by atoms with Crippen LogP contribution in [0.5, 0.6) is 11.6 Å². The molecule has 3 aromatic rings. The standard InChI is InChI=1S/C19H15N3O4/c1-13-2-9-17(10-3-13)26-18-11-6-15(12-20-18)21-19(23)14-4-7-16(8-5-14)22(24)25/h2-12H,1H3,(H,21,23). The third kappa shape index (κ3) is 4.21. The van der Waals surface area contributed by atoms with Crippen LogP contribution in [0.15, 0.2) is 66.9 Å². The van der Waals surface area contributed by atoms with Crippen molar-refractivity contribution in [3.05, 3.63) is 88.1 Å². The monoisotopic (exact) mass is 349 g/mol. The average Bonchev–Trinajstić information content (AvgIpc) is 2.65. The van der Waals surface area contributed by atoms with Crippen LogP contribution in [-0.2, 0) is 0 Å². The molecule has 0 fully saturated rings. The summed E-state index contributed by atoms with van der Waals surface area (Å²) in [6, 6.07) is 16.2. The van der Waals surface area contributed by atoms with E-state index in [0.29, 0.717) is 22.9 Å². The number of carbonyl (C=O) groups is 1. The maximum Gasteiger partial charge on any atom is 0.269 e. The van der Waals surface area contributed by atoms with Crippen molar-refractivity contribution in [3.63, 3.8) is 0 Å². The minimum atomic E-state index is -0.515. The van der Waals surface area contributed by atoms with E-state index in [1.54, 1.807) is 12.1 Å². The minimum Gasteiger partial charge on any atom is -0.439 e. The summed E-state index contributed by atoms with van der Waals surface area (Å²) in [6.07, 6.45) is 1.48. The number of carbonyl (C=O) groups excluding carboxylic acids is 1. The van der Waals surface area contributed by atoms with Gasteiger partial charge in [0.15, 0.2) is 0 Å². The molecule has 26 heavy (non-hydrogen) atoms. The molecule has 0 saturated carbocycles. The lowest BCUT2D eigenvalue weighted by Crippen LogP contribution is -2.12. The number of aryl methyl sites for hydroxylation is 1. The number of nitro groups is 1. The topological polar surface area (TPSA) is 94.4 Å². The number of hydrogen-bond acceptors (Lipinski definition) is 5. The number of anilines is 1. The number of amides is 1. The number of aromatic nitrogens is 1. The molecule has 1 heterocycles. The van der Waals surface area contributed by atoms with Gasteiger partial charge in [-0.05, 0) is 37.3 Å². The number of hydrogen-bond donors (Lipinski definition) is 1. The van der Waals surface area contributed by atoms with E-state index in [1.165, 1.54) is 30.5 Å². The van der Waals surface area contributed by atoms with Gasteiger partial charge in [-0.15, -0.1) is 0 Å². The fourth-order valence-electron chi connectivity index (χ4n) is 2.18. The number of pyridine rings is 1. The number of nitro benzene ring substituents is 1. The smallest absolute Gasteiger partial charge is 0.269 e. The van der Waals surface area contributed by atoms with Crippen LogP contribution in [0.25, 0.3) is 0 Å². The highest BCUT2D eigenvalue weighted by Gasteiger charge is 2.10. The van der Waals surface area contributed by atoms with E-state index >= 15 is 0 Å². The molecular weight excluding hydrogens is 334 g/mol. The summed E-state index contributed by atoms with van der Waals surface area (Å²) >= 11 is 0. The van der Waals surface area contributed by atoms with Crippen molar-refractivity contribution in [2.24, 2.45) is 0 Å². The predicted octanol–water partition coefficient (Wildman–Crippen LogP) is 4.34. The number of rotatable bonds is 5. The Bertz CT molecular complexity index is 921. The van der Waals surface area contributed by atoms with E-state index < -0.39 is 4.92 Å². The molecule has 0 saturated heterocycles. The molecule has 1 amide bonds. The molecular formula is C19H15N3O4. The molecule has 130 valence electrons. The summed E-state index contributed by atoms with van der Waals surface area (Å²) in [6.45, 7) is 1.99. The van der Waals surface area contributed by atoms with Gasteiger partial charge in [0.1, 0.15) is 5.75 Å². The van der Waals surface area contributed by atoms with E-state index in [-0.39, 0.29) is 11.6 Å². The SMILES string of the molecule is Cc1ccc(Oc2ccc(NC(=O)c3ccc([N+](=O)[O-])cc3)cn2)cc1. The van der Waals surface area contributed by atoms with Gasteiger partial charge in [0.25, 0.3) is 11.6 Å². The van der Waals surface area contributed by atoms with Gasteiger partial charge in [0.2, 0.25) is 5.88 Å². The Morgan fingerprint density at radius 3 is 2.31 bits per heavy atom. The molecule has 3 rings (SSSR count). The lowest BCUT2D eigenvalue weighted by atomic mass is 10.2. The van der Waals surface area contributed by atoms with Crippen LogP contribution in [0.2, 0.25) is 0 Å². The zero-order chi connectivity index (χ0) is 18.5. The first-order valence-corrected chi connectivity index (χ1v) is 7.78. The molecule has 0 aliphatic carbocycles. The molecule has 1 N–H and O–H groups in total. The quantitative estimate of drug-likeness (QED) is 0.546. The lowest BCUT2D eigenvalue weighted by molar-refractivity contribution is -0.384. The largest absolute Gasteiger partial charge is 0.439 e. The zero-order valence-electron chi connectivity index (χ0n) is 13.9. The summed E-state index contributed by atoms with van der Waals surface area (Å²) < 4.78 is 5.63. The molecule has 0 bridgehead atoms. The summed E-state index contributed by atoms with van der Waals surface area (Å²) in [4.78, 5) is 26.4. The minimum absolute atomic E-state index is 0.0687. The highest BCUT2D eigenvalue weighted by atomic mass is 16.6. The molecule has 0 atom stereocenters. The third-order valence-electron chi connectivity index (χ3n) is 3.58. The Hall–Kier alpha value is -3.74. The van der Waals surface area contributed by atoms with Crippen LogP contribution in [0, 0.1) is 17.0 Å². The maximum atomic E-state index is 12.2. The van der Waals surface area contributed by atoms with Gasteiger partial charge < -0.3 is 10.1 Å². The van der Waals surface area contributed by atoms with Crippen molar-refractivity contribution < 1.29 is 14.5 Å². The van der Waals surface area contributed by atoms with E-state index in [2.05, 4.69) is 10.3 Å². The van der Waals surface area contributed by atoms with E-state index in [9.17, 15) is 14.9 Å². The number of non-ortho nitro benzene ring substituents is 1. The normalized spacial score (nSPS) is 10.2. The van der Waals surface area contributed by atoms with Gasteiger partial charge in [0.05, 0.1) is 16.8 Å². The highest BCUT2D eigenvalue weighted by Crippen LogP contribution is 2.21. The average molecular weight is 349 g/mol. The van der Waals surface area contributed by atoms with Crippen LogP contribution >= 0.6 is 0 Å². The Morgan fingerprint density at radius 1 is 1.04 bits per heavy atom. The Kier molecular flexibility index (Phi) is 4.89. The molecule has 7 heteroatoms. The van der Waals surface area contributed by atoms with Gasteiger partial charge in [-0.25, -0.2) is 4.98 Å². The highest BCUT2D eigenvalue weighted by molar-refractivity contribution is 6.04. The Balaban J connectivity index is 1.64. The number of nitrogens with one attached hydrogen (secondary N) is 1. The molecule has 1 aromatic heterocycles. The van der Waals surface area contributed by atoms with Crippen molar-refractivity contribution >= 4 is 17.3 Å². The number of benzene rings is 2. The van der Waals surface area contributed by atoms with Crippen molar-refractivity contribution in [3.8, 4) is 11.6 Å². The molecule has 0 radical (unpaired) electrons. The fourth-order valence-corrected chi connectivity index (χ4v) is 2.18. The predicted molar refractivity (Wildman–Crippen MR) is 96.5 cm³/mol. The molecule has 0 unspecified atom stereocenters. The third-order valence-corrected chi connectivity index (χ3v) is 3.58. The van der Waals surface area contributed by atoms with Crippen LogP contribution in [0.1, 0.15) is 15.9 Å². The van der Waals surface area contributed by atoms with Crippen LogP contribution in [0.4, 0.5) is 11.4 Å². The van der Waals surface area contributed by atoms with Crippen molar-refractivity contribution in [1.29, 1.82) is 0 Å². The van der Waals surface area contributed by atoms with Crippen LogP contribution in [-0.4, -0.2) is 15.8 Å². The summed E-state index contributed by atoms with van der Waals surface area (Å²) in [5.74, 6) is 0.696. The maximum absolute atomic E-state index is 12.2. The second kappa shape index (κ2) is 7.43. The Morgan fingerprint density at radius 2 is 1.73 bits per heavy atom. The first kappa shape index (κ1) is 17.1. The summed E-state index contributed by atoms with van der Waals surface area (Å²) in [5, 5.41) is 13.3. The summed E-state index contributed by atoms with van der Waals surface area (Å²) in [5.41, 5.74) is 1.87. The molecule has 0 aliphatic rings. The second-order valence-electron chi connectivity index (χ2n) is 5.56. The molecule has 2 aromatic carbocycles. The molecule has 7 nitrogen and oxygen atoms in total. The lowest BCUT2D eigenvalue weighted by Gasteiger charge is -2.07. The van der Waals surface area contributed by atoms with Gasteiger partial charge in [-0.1, -0.05) is 17.7 Å². The van der Waals surface area contributed by atoms with Crippen molar-refractivity contribution in [2.45, 2.75) is 6.92 Å². The first-order valence-electron chi connectivity index (χ1n) is 7.78. The van der Waals surface area contributed by atoms with Crippen molar-refractivity contribution in [2.75, 3.05) is 5.32 Å². The van der Waals surface area contributed by atoms with E-state index in [1.807, 2.05) is 31.2 Å². The summed E-state index contributed by atoms with van der Waals surface area (Å²) in [7, 11) is 0. The number of ether oxygens (including phenoxy) is 1.